The van der Waals surface area contributed by atoms with Crippen LogP contribution in [-0.2, 0) is 16.4 Å². The molecule has 0 saturated heterocycles. The summed E-state index contributed by atoms with van der Waals surface area (Å²) in [4.78, 5) is 4.15. The molecule has 8 heteroatoms. The van der Waals surface area contributed by atoms with Crippen LogP contribution in [0.15, 0.2) is 33.7 Å². The van der Waals surface area contributed by atoms with Gasteiger partial charge >= 0.3 is 0 Å². The van der Waals surface area contributed by atoms with E-state index in [1.807, 2.05) is 6.07 Å². The van der Waals surface area contributed by atoms with Crippen molar-refractivity contribution < 1.29 is 12.9 Å². The molecule has 0 fully saturated rings. The van der Waals surface area contributed by atoms with Crippen molar-refractivity contribution >= 4 is 9.84 Å². The summed E-state index contributed by atoms with van der Waals surface area (Å²) in [6.07, 6.45) is 0. The molecule has 1 aromatic heterocycles. The predicted molar refractivity (Wildman–Crippen MR) is 74.0 cm³/mol. The molecule has 2 rings (SSSR count). The Labute approximate surface area is 122 Å². The van der Waals surface area contributed by atoms with Crippen molar-refractivity contribution in [3.63, 3.8) is 0 Å². The predicted octanol–water partition coefficient (Wildman–Crippen LogP) is 0.813. The molecule has 1 N–H and O–H groups in total. The van der Waals surface area contributed by atoms with Crippen LogP contribution in [0, 0.1) is 18.3 Å². The highest BCUT2D eigenvalue weighted by molar-refractivity contribution is 7.91. The normalized spacial score (nSPS) is 11.2. The summed E-state index contributed by atoms with van der Waals surface area (Å²) in [6, 6.07) is 7.90. The number of nitriles is 1. The van der Waals surface area contributed by atoms with Crippen molar-refractivity contribution in [3.05, 3.63) is 41.5 Å². The molecule has 1 aromatic carbocycles. The number of hydrogen-bond acceptors (Lipinski definition) is 7. The van der Waals surface area contributed by atoms with E-state index in [0.717, 1.165) is 0 Å². The first-order chi connectivity index (χ1) is 10.0. The number of sulfone groups is 1. The Bertz CT molecular complexity index is 762. The van der Waals surface area contributed by atoms with Crippen LogP contribution in [0.25, 0.3) is 0 Å². The van der Waals surface area contributed by atoms with Crippen molar-refractivity contribution in [2.45, 2.75) is 18.4 Å². The molecule has 0 unspecified atom stereocenters. The average Bonchev–Trinajstić information content (AvgIpc) is 2.89. The fourth-order valence-electron chi connectivity index (χ4n) is 1.69. The highest BCUT2D eigenvalue weighted by Gasteiger charge is 2.14. The zero-order valence-corrected chi connectivity index (χ0v) is 12.2. The van der Waals surface area contributed by atoms with Gasteiger partial charge in [0.25, 0.3) is 0 Å². The molecule has 0 atom stereocenters. The van der Waals surface area contributed by atoms with E-state index in [1.165, 1.54) is 12.1 Å². The van der Waals surface area contributed by atoms with Crippen LogP contribution in [0.3, 0.4) is 0 Å². The Kier molecular flexibility index (Phi) is 4.67. The first-order valence-corrected chi connectivity index (χ1v) is 7.89. The highest BCUT2D eigenvalue weighted by Crippen LogP contribution is 2.12. The molecule has 2 aromatic rings. The fourth-order valence-corrected chi connectivity index (χ4v) is 2.93. The van der Waals surface area contributed by atoms with E-state index in [0.29, 0.717) is 23.8 Å². The van der Waals surface area contributed by atoms with Gasteiger partial charge in [0.1, 0.15) is 0 Å². The largest absolute Gasteiger partial charge is 0.338 e. The lowest BCUT2D eigenvalue weighted by molar-refractivity contribution is 0.365. The van der Waals surface area contributed by atoms with Crippen molar-refractivity contribution in [1.29, 1.82) is 5.26 Å². The molecule has 1 heterocycles. The Hall–Kier alpha value is -2.24. The van der Waals surface area contributed by atoms with Crippen molar-refractivity contribution in [2.24, 2.45) is 0 Å². The van der Waals surface area contributed by atoms with Crippen LogP contribution in [0.5, 0.6) is 0 Å². The third-order valence-electron chi connectivity index (χ3n) is 2.72. The first kappa shape index (κ1) is 15.2. The number of hydrogen-bond donors (Lipinski definition) is 1. The Morgan fingerprint density at radius 1 is 1.43 bits per heavy atom. The van der Waals surface area contributed by atoms with E-state index in [-0.39, 0.29) is 17.2 Å². The number of benzene rings is 1. The molecular formula is C13H14N4O3S. The van der Waals surface area contributed by atoms with Crippen LogP contribution in [0.1, 0.15) is 17.3 Å². The second-order valence-corrected chi connectivity index (χ2v) is 6.48. The van der Waals surface area contributed by atoms with Crippen molar-refractivity contribution in [3.8, 4) is 6.07 Å². The van der Waals surface area contributed by atoms with Gasteiger partial charge in [0.05, 0.1) is 28.8 Å². The summed E-state index contributed by atoms with van der Waals surface area (Å²) in [5, 5.41) is 15.4. The zero-order valence-electron chi connectivity index (χ0n) is 11.4. The van der Waals surface area contributed by atoms with Crippen LogP contribution in [-0.4, -0.2) is 30.9 Å². The summed E-state index contributed by atoms with van der Waals surface area (Å²) in [7, 11) is -3.42. The third-order valence-corrected chi connectivity index (χ3v) is 4.43. The maximum atomic E-state index is 12.1. The van der Waals surface area contributed by atoms with Crippen molar-refractivity contribution in [1.82, 2.24) is 15.5 Å². The Morgan fingerprint density at radius 3 is 2.90 bits per heavy atom. The van der Waals surface area contributed by atoms with Gasteiger partial charge in [-0.25, -0.2) is 8.42 Å². The monoisotopic (exact) mass is 306 g/mol. The highest BCUT2D eigenvalue weighted by atomic mass is 32.2. The maximum absolute atomic E-state index is 12.1. The van der Waals surface area contributed by atoms with Gasteiger partial charge in [-0.15, -0.1) is 0 Å². The number of aromatic nitrogens is 2. The van der Waals surface area contributed by atoms with E-state index in [9.17, 15) is 8.42 Å². The summed E-state index contributed by atoms with van der Waals surface area (Å²) in [5.41, 5.74) is 0.324. The summed E-state index contributed by atoms with van der Waals surface area (Å²) in [5.74, 6) is 0.874. The molecule has 7 nitrogen and oxygen atoms in total. The fraction of sp³-hybridized carbons (Fsp3) is 0.308. The summed E-state index contributed by atoms with van der Waals surface area (Å²) >= 11 is 0. The van der Waals surface area contributed by atoms with E-state index in [4.69, 9.17) is 9.78 Å². The van der Waals surface area contributed by atoms with Gasteiger partial charge in [-0.1, -0.05) is 11.2 Å². The molecule has 110 valence electrons. The SMILES string of the molecule is Cc1noc(CNCCS(=O)(=O)c2cccc(C#N)c2)n1. The molecule has 0 radical (unpaired) electrons. The molecule has 0 amide bonds. The third kappa shape index (κ3) is 4.11. The molecule has 0 aliphatic rings. The van der Waals surface area contributed by atoms with E-state index >= 15 is 0 Å². The number of aryl methyl sites for hydroxylation is 1. The minimum Gasteiger partial charge on any atom is -0.338 e. The van der Waals surface area contributed by atoms with Gasteiger partial charge in [-0.3, -0.25) is 0 Å². The number of nitrogens with zero attached hydrogens (tertiary/aromatic N) is 3. The molecule has 21 heavy (non-hydrogen) atoms. The molecule has 0 spiro atoms. The smallest absolute Gasteiger partial charge is 0.240 e. The lowest BCUT2D eigenvalue weighted by Crippen LogP contribution is -2.23. The van der Waals surface area contributed by atoms with Gasteiger partial charge in [-0.05, 0) is 25.1 Å². The quantitative estimate of drug-likeness (QED) is 0.786. The maximum Gasteiger partial charge on any atom is 0.240 e. The van der Waals surface area contributed by atoms with Gasteiger partial charge < -0.3 is 9.84 Å². The van der Waals surface area contributed by atoms with Gasteiger partial charge in [0, 0.05) is 6.54 Å². The summed E-state index contributed by atoms with van der Waals surface area (Å²) in [6.45, 7) is 2.27. The molecular weight excluding hydrogens is 292 g/mol. The van der Waals surface area contributed by atoms with Gasteiger partial charge in [0.2, 0.25) is 5.89 Å². The molecule has 0 saturated carbocycles. The van der Waals surface area contributed by atoms with E-state index in [1.54, 1.807) is 19.1 Å². The topological polar surface area (TPSA) is 109 Å². The lowest BCUT2D eigenvalue weighted by atomic mass is 10.2. The van der Waals surface area contributed by atoms with E-state index < -0.39 is 9.84 Å². The molecule has 0 bridgehead atoms. The lowest BCUT2D eigenvalue weighted by Gasteiger charge is -2.05. The number of nitrogens with one attached hydrogen (secondary N) is 1. The van der Waals surface area contributed by atoms with Crippen LogP contribution >= 0.6 is 0 Å². The first-order valence-electron chi connectivity index (χ1n) is 6.24. The molecule has 0 aliphatic carbocycles. The zero-order chi connectivity index (χ0) is 15.3. The minimum absolute atomic E-state index is 0.0744. The number of rotatable bonds is 6. The van der Waals surface area contributed by atoms with Gasteiger partial charge in [0.15, 0.2) is 15.7 Å². The van der Waals surface area contributed by atoms with Crippen molar-refractivity contribution in [2.75, 3.05) is 12.3 Å². The van der Waals surface area contributed by atoms with Gasteiger partial charge in [-0.2, -0.15) is 10.2 Å². The Balaban J connectivity index is 1.90. The minimum atomic E-state index is -3.42. The second kappa shape index (κ2) is 6.47. The average molecular weight is 306 g/mol. The van der Waals surface area contributed by atoms with E-state index in [2.05, 4.69) is 15.5 Å². The second-order valence-electron chi connectivity index (χ2n) is 4.37. The van der Waals surface area contributed by atoms with Crippen LogP contribution in [0.2, 0.25) is 0 Å². The van der Waals surface area contributed by atoms with Crippen LogP contribution < -0.4 is 5.32 Å². The standard InChI is InChI=1S/C13H14N4O3S/c1-10-16-13(20-17-10)9-15-5-6-21(18,19)12-4-2-3-11(7-12)8-14/h2-4,7,15H,5-6,9H2,1H3. The van der Waals surface area contributed by atoms with Crippen LogP contribution in [0.4, 0.5) is 0 Å². The molecule has 0 aliphatic heterocycles. The summed E-state index contributed by atoms with van der Waals surface area (Å²) < 4.78 is 29.1. The Morgan fingerprint density at radius 2 is 2.24 bits per heavy atom.